The Hall–Kier alpha value is -4.62. The van der Waals surface area contributed by atoms with Crippen LogP contribution in [0.4, 0.5) is 5.69 Å². The van der Waals surface area contributed by atoms with Crippen molar-refractivity contribution in [2.24, 2.45) is 11.8 Å². The van der Waals surface area contributed by atoms with Gasteiger partial charge < -0.3 is 4.90 Å². The summed E-state index contributed by atoms with van der Waals surface area (Å²) >= 11 is 0. The number of nitrogens with zero attached hydrogens (tertiary/aromatic N) is 1. The number of rotatable bonds is 9. The van der Waals surface area contributed by atoms with Crippen LogP contribution in [0.3, 0.4) is 0 Å². The molecule has 0 amide bonds. The highest BCUT2D eigenvalue weighted by Gasteiger charge is 2.49. The van der Waals surface area contributed by atoms with Crippen molar-refractivity contribution in [2.45, 2.75) is 51.6 Å². The van der Waals surface area contributed by atoms with Gasteiger partial charge in [-0.05, 0) is 75.8 Å². The van der Waals surface area contributed by atoms with Crippen LogP contribution in [0, 0.1) is 11.8 Å². The molecule has 0 fully saturated rings. The molecule has 0 heterocycles. The Kier molecular flexibility index (Phi) is 8.63. The van der Waals surface area contributed by atoms with Gasteiger partial charge in [0.25, 0.3) is 0 Å². The highest BCUT2D eigenvalue weighted by Crippen LogP contribution is 2.49. The minimum atomic E-state index is -0.210. The van der Waals surface area contributed by atoms with E-state index in [1.54, 1.807) is 0 Å². The van der Waals surface area contributed by atoms with Gasteiger partial charge in [-0.25, -0.2) is 0 Å². The van der Waals surface area contributed by atoms with Crippen molar-refractivity contribution in [3.05, 3.63) is 169 Å². The molecular formula is C44H45N. The molecule has 4 aromatic rings. The van der Waals surface area contributed by atoms with Gasteiger partial charge in [-0.1, -0.05) is 174 Å². The summed E-state index contributed by atoms with van der Waals surface area (Å²) in [6.45, 7) is 13.5. The zero-order valence-electron chi connectivity index (χ0n) is 27.2. The van der Waals surface area contributed by atoms with E-state index in [1.165, 1.54) is 39.1 Å². The highest BCUT2D eigenvalue weighted by atomic mass is 15.3. The predicted molar refractivity (Wildman–Crippen MR) is 196 cm³/mol. The number of allylic oxidation sites excluding steroid dienone is 4. The summed E-state index contributed by atoms with van der Waals surface area (Å²) in [6.07, 6.45) is 18.5. The third-order valence-corrected chi connectivity index (χ3v) is 10.1. The summed E-state index contributed by atoms with van der Waals surface area (Å²) in [6, 6.07) is 39.5. The monoisotopic (exact) mass is 587 g/mol. The molecule has 0 aromatic heterocycles. The first-order valence-corrected chi connectivity index (χ1v) is 16.4. The van der Waals surface area contributed by atoms with E-state index in [0.717, 1.165) is 18.4 Å². The van der Waals surface area contributed by atoms with Gasteiger partial charge >= 0.3 is 0 Å². The maximum Gasteiger partial charge on any atom is 0.0654 e. The van der Waals surface area contributed by atoms with Crippen LogP contribution < -0.4 is 4.90 Å². The molecule has 4 aromatic carbocycles. The van der Waals surface area contributed by atoms with E-state index in [0.29, 0.717) is 11.8 Å². The largest absolute Gasteiger partial charge is 0.352 e. The van der Waals surface area contributed by atoms with Crippen LogP contribution in [0.15, 0.2) is 152 Å². The molecule has 0 N–H and O–H groups in total. The van der Waals surface area contributed by atoms with E-state index in [2.05, 4.69) is 185 Å². The van der Waals surface area contributed by atoms with Crippen LogP contribution in [0.5, 0.6) is 0 Å². The molecule has 2 unspecified atom stereocenters. The maximum absolute atomic E-state index is 3.91. The number of benzene rings is 4. The summed E-state index contributed by atoms with van der Waals surface area (Å²) in [4.78, 5) is 2.78. The van der Waals surface area contributed by atoms with E-state index in [1.807, 2.05) is 6.08 Å². The number of hydrogen-bond donors (Lipinski definition) is 0. The van der Waals surface area contributed by atoms with Gasteiger partial charge in [0.2, 0.25) is 0 Å². The van der Waals surface area contributed by atoms with Crippen LogP contribution in [0.25, 0.3) is 28.3 Å². The first kappa shape index (κ1) is 30.4. The lowest BCUT2D eigenvalue weighted by molar-refractivity contribution is 0.245. The molecule has 226 valence electrons. The maximum atomic E-state index is 3.91. The fourth-order valence-corrected chi connectivity index (χ4v) is 7.16. The Balaban J connectivity index is 1.46. The smallest absolute Gasteiger partial charge is 0.0654 e. The highest BCUT2D eigenvalue weighted by molar-refractivity contribution is 5.79. The van der Waals surface area contributed by atoms with Crippen LogP contribution in [-0.2, 0) is 0 Å². The van der Waals surface area contributed by atoms with Gasteiger partial charge in [0.1, 0.15) is 0 Å². The van der Waals surface area contributed by atoms with Crippen molar-refractivity contribution >= 4 is 22.9 Å². The van der Waals surface area contributed by atoms with Gasteiger partial charge in [0, 0.05) is 5.69 Å². The molecule has 2 atom stereocenters. The number of anilines is 1. The van der Waals surface area contributed by atoms with Gasteiger partial charge in [0.05, 0.1) is 11.1 Å². The van der Waals surface area contributed by atoms with E-state index < -0.39 is 0 Å². The first-order valence-electron chi connectivity index (χ1n) is 16.4. The van der Waals surface area contributed by atoms with E-state index >= 15 is 0 Å². The molecule has 0 bridgehead atoms. The summed E-state index contributed by atoms with van der Waals surface area (Å²) in [5.41, 5.74) is 9.57. The van der Waals surface area contributed by atoms with Crippen LogP contribution in [0.2, 0.25) is 0 Å². The average Bonchev–Trinajstić information content (AvgIpc) is 3.10. The first-order chi connectivity index (χ1) is 21.9. The molecule has 0 saturated carbocycles. The lowest BCUT2D eigenvalue weighted by atomic mass is 9.69. The van der Waals surface area contributed by atoms with Crippen LogP contribution in [-0.4, -0.2) is 11.1 Å². The van der Waals surface area contributed by atoms with Crippen LogP contribution in [0.1, 0.15) is 57.2 Å². The zero-order chi connectivity index (χ0) is 31.4. The molecule has 0 aliphatic heterocycles. The Bertz CT molecular complexity index is 1650. The Morgan fingerprint density at radius 3 is 1.33 bits per heavy atom. The molecule has 2 aliphatic rings. The van der Waals surface area contributed by atoms with Crippen LogP contribution >= 0.6 is 0 Å². The zero-order valence-corrected chi connectivity index (χ0v) is 27.2. The summed E-state index contributed by atoms with van der Waals surface area (Å²) in [5, 5.41) is 0. The van der Waals surface area contributed by atoms with Gasteiger partial charge in [-0.3, -0.25) is 0 Å². The Labute approximate surface area is 270 Å². The van der Waals surface area contributed by atoms with E-state index in [9.17, 15) is 0 Å². The molecule has 45 heavy (non-hydrogen) atoms. The third kappa shape index (κ3) is 5.80. The molecule has 1 heteroatoms. The molecule has 0 spiro atoms. The quantitative estimate of drug-likeness (QED) is 0.188. The summed E-state index contributed by atoms with van der Waals surface area (Å²) in [7, 11) is 0. The van der Waals surface area contributed by atoms with Gasteiger partial charge in [0.15, 0.2) is 0 Å². The minimum absolute atomic E-state index is 0.210. The average molecular weight is 588 g/mol. The molecule has 1 nitrogen and oxygen atoms in total. The van der Waals surface area contributed by atoms with Crippen molar-refractivity contribution in [2.75, 3.05) is 4.90 Å². The fraction of sp³-hybridized carbons (Fsp3) is 0.227. The van der Waals surface area contributed by atoms with Crippen molar-refractivity contribution in [1.82, 2.24) is 0 Å². The van der Waals surface area contributed by atoms with Crippen molar-refractivity contribution in [3.63, 3.8) is 0 Å². The second-order valence-electron chi connectivity index (χ2n) is 13.1. The Morgan fingerprint density at radius 2 is 0.978 bits per heavy atom. The second kappa shape index (κ2) is 12.8. The van der Waals surface area contributed by atoms with Crippen molar-refractivity contribution < 1.29 is 0 Å². The molecule has 0 radical (unpaired) electrons. The fourth-order valence-electron chi connectivity index (χ4n) is 7.16. The minimum Gasteiger partial charge on any atom is -0.352 e. The number of hydrogen-bond acceptors (Lipinski definition) is 1. The SMILES string of the molecule is C=Cc1ccc(-c2ccc(N(C3(C(C)C)C=CC(c4ccccc4)=CC3)C3(C(C)C)C=CC(c4ccccc4)=CC3)cc2)cc1. The summed E-state index contributed by atoms with van der Waals surface area (Å²) in [5.74, 6) is 0.744. The van der Waals surface area contributed by atoms with Gasteiger partial charge in [-0.15, -0.1) is 0 Å². The van der Waals surface area contributed by atoms with Crippen molar-refractivity contribution in [1.29, 1.82) is 0 Å². The lowest BCUT2D eigenvalue weighted by Crippen LogP contribution is -2.64. The normalized spacial score (nSPS) is 21.0. The van der Waals surface area contributed by atoms with Gasteiger partial charge in [-0.2, -0.15) is 0 Å². The summed E-state index contributed by atoms with van der Waals surface area (Å²) < 4.78 is 0. The second-order valence-corrected chi connectivity index (χ2v) is 13.1. The standard InChI is InChI=1S/C44H45N/c1-6-35-17-19-38(20-18-35)39-21-23-42(24-22-39)45(43(33(2)3)29-25-40(26-30-43)36-13-9-7-10-14-36)44(34(4)5)31-27-41(28-32-44)37-15-11-8-12-16-37/h6-29,31,33-34H,1,30,32H2,2-5H3. The predicted octanol–water partition coefficient (Wildman–Crippen LogP) is 11.7. The molecular weight excluding hydrogens is 542 g/mol. The third-order valence-electron chi connectivity index (χ3n) is 10.1. The van der Waals surface area contributed by atoms with E-state index in [-0.39, 0.29) is 11.1 Å². The van der Waals surface area contributed by atoms with E-state index in [4.69, 9.17) is 0 Å². The molecule has 2 aliphatic carbocycles. The molecule has 6 rings (SSSR count). The lowest BCUT2D eigenvalue weighted by Gasteiger charge is -2.58. The Morgan fingerprint density at radius 1 is 0.556 bits per heavy atom. The topological polar surface area (TPSA) is 3.24 Å². The van der Waals surface area contributed by atoms with Crippen molar-refractivity contribution in [3.8, 4) is 11.1 Å². The molecule has 0 saturated heterocycles.